The minimum Gasteiger partial charge on any atom is -0.507 e. The minimum absolute atomic E-state index is 0.0577. The van der Waals surface area contributed by atoms with Gasteiger partial charge in [0.1, 0.15) is 5.76 Å². The number of ketones is 1. The van der Waals surface area contributed by atoms with Crippen LogP contribution in [0.3, 0.4) is 0 Å². The summed E-state index contributed by atoms with van der Waals surface area (Å²) >= 11 is 12.3. The second-order valence-electron chi connectivity index (χ2n) is 7.84. The molecule has 2 heterocycles. The van der Waals surface area contributed by atoms with E-state index in [-0.39, 0.29) is 11.3 Å². The molecule has 1 fully saturated rings. The van der Waals surface area contributed by atoms with Crippen molar-refractivity contribution in [2.75, 3.05) is 27.2 Å². The van der Waals surface area contributed by atoms with Crippen LogP contribution in [-0.4, -0.2) is 58.8 Å². The van der Waals surface area contributed by atoms with Crippen LogP contribution in [0.25, 0.3) is 5.76 Å². The molecule has 1 atom stereocenters. The van der Waals surface area contributed by atoms with Gasteiger partial charge in [-0.05, 0) is 58.1 Å². The maximum absolute atomic E-state index is 13.0. The first-order chi connectivity index (χ1) is 14.0. The summed E-state index contributed by atoms with van der Waals surface area (Å²) in [6.07, 6.45) is 0. The molecule has 2 N–H and O–H groups in total. The van der Waals surface area contributed by atoms with Crippen LogP contribution in [0, 0.1) is 20.8 Å². The number of amides is 1. The molecule has 1 unspecified atom stereocenters. The van der Waals surface area contributed by atoms with Crippen molar-refractivity contribution < 1.29 is 14.7 Å². The Labute approximate surface area is 186 Å². The summed E-state index contributed by atoms with van der Waals surface area (Å²) in [6, 6.07) is 4.23. The van der Waals surface area contributed by atoms with Crippen LogP contribution in [0.5, 0.6) is 0 Å². The SMILES string of the molecule is Cc1[nH]c(C)c(/C(O)=C2\C(=O)C(=O)N(CCN(C)C)C2c2ccc(Cl)c(Cl)c2)c1C. The number of aromatic nitrogens is 1. The zero-order chi connectivity index (χ0) is 22.3. The number of nitrogens with one attached hydrogen (secondary N) is 1. The fourth-order valence-corrected chi connectivity index (χ4v) is 4.15. The molecule has 1 aliphatic heterocycles. The molecule has 1 aliphatic rings. The van der Waals surface area contributed by atoms with E-state index in [1.807, 2.05) is 39.8 Å². The number of hydrogen-bond acceptors (Lipinski definition) is 4. The molecule has 0 radical (unpaired) electrons. The molecule has 6 nitrogen and oxygen atoms in total. The normalized spacial score (nSPS) is 18.7. The number of aliphatic hydroxyl groups excluding tert-OH is 1. The van der Waals surface area contributed by atoms with Crippen LogP contribution in [0.15, 0.2) is 23.8 Å². The van der Waals surface area contributed by atoms with Crippen molar-refractivity contribution in [3.05, 3.63) is 61.9 Å². The molecule has 1 aromatic carbocycles. The highest BCUT2D eigenvalue weighted by atomic mass is 35.5. The molecule has 0 aliphatic carbocycles. The second kappa shape index (κ2) is 8.46. The highest BCUT2D eigenvalue weighted by Crippen LogP contribution is 2.41. The van der Waals surface area contributed by atoms with Crippen LogP contribution < -0.4 is 0 Å². The third-order valence-corrected chi connectivity index (χ3v) is 6.25. The number of carbonyl (C=O) groups is 2. The highest BCUT2D eigenvalue weighted by molar-refractivity contribution is 6.47. The van der Waals surface area contributed by atoms with Crippen molar-refractivity contribution in [2.24, 2.45) is 0 Å². The summed E-state index contributed by atoms with van der Waals surface area (Å²) < 4.78 is 0. The maximum Gasteiger partial charge on any atom is 0.295 e. The number of likely N-dealkylation sites (tertiary alicyclic amines) is 1. The van der Waals surface area contributed by atoms with Crippen molar-refractivity contribution in [3.8, 4) is 0 Å². The number of Topliss-reactive ketones (excluding diaryl/α,β-unsaturated/α-hetero) is 1. The summed E-state index contributed by atoms with van der Waals surface area (Å²) in [4.78, 5) is 32.6. The Hall–Kier alpha value is -2.28. The molecule has 30 heavy (non-hydrogen) atoms. The number of benzene rings is 1. The number of aryl methyl sites for hydroxylation is 2. The molecule has 0 spiro atoms. The van der Waals surface area contributed by atoms with Gasteiger partial charge in [-0.2, -0.15) is 0 Å². The second-order valence-corrected chi connectivity index (χ2v) is 8.66. The summed E-state index contributed by atoms with van der Waals surface area (Å²) in [6.45, 7) is 6.47. The summed E-state index contributed by atoms with van der Waals surface area (Å²) in [5.74, 6) is -1.53. The number of likely N-dealkylation sites (N-methyl/N-ethyl adjacent to an activating group) is 1. The Morgan fingerprint density at radius 1 is 1.13 bits per heavy atom. The number of H-pyrrole nitrogens is 1. The van der Waals surface area contributed by atoms with E-state index in [1.54, 1.807) is 18.2 Å². The Bertz CT molecular complexity index is 1060. The molecule has 1 aromatic heterocycles. The van der Waals surface area contributed by atoms with Crippen LogP contribution in [0.2, 0.25) is 10.0 Å². The van der Waals surface area contributed by atoms with Gasteiger partial charge in [-0.15, -0.1) is 0 Å². The smallest absolute Gasteiger partial charge is 0.295 e. The Morgan fingerprint density at radius 3 is 2.33 bits per heavy atom. The van der Waals surface area contributed by atoms with E-state index < -0.39 is 17.7 Å². The third-order valence-electron chi connectivity index (χ3n) is 5.51. The summed E-state index contributed by atoms with van der Waals surface area (Å²) in [5.41, 5.74) is 3.67. The lowest BCUT2D eigenvalue weighted by Gasteiger charge is -2.26. The molecular weight excluding hydrogens is 425 g/mol. The lowest BCUT2D eigenvalue weighted by Crippen LogP contribution is -2.35. The van der Waals surface area contributed by atoms with Gasteiger partial charge in [0.15, 0.2) is 0 Å². The molecular formula is C22H25Cl2N3O3. The lowest BCUT2D eigenvalue weighted by atomic mass is 9.94. The molecule has 3 rings (SSSR count). The van der Waals surface area contributed by atoms with Crippen LogP contribution >= 0.6 is 23.2 Å². The number of hydrogen-bond donors (Lipinski definition) is 2. The van der Waals surface area contributed by atoms with Crippen LogP contribution in [-0.2, 0) is 9.59 Å². The monoisotopic (exact) mass is 449 g/mol. The Kier molecular flexibility index (Phi) is 6.32. The van der Waals surface area contributed by atoms with Gasteiger partial charge in [-0.25, -0.2) is 0 Å². The van der Waals surface area contributed by atoms with Gasteiger partial charge in [-0.1, -0.05) is 29.3 Å². The highest BCUT2D eigenvalue weighted by Gasteiger charge is 2.46. The molecule has 8 heteroatoms. The zero-order valence-corrected chi connectivity index (χ0v) is 19.1. The fourth-order valence-electron chi connectivity index (χ4n) is 3.84. The van der Waals surface area contributed by atoms with E-state index in [4.69, 9.17) is 23.2 Å². The maximum atomic E-state index is 13.0. The Balaban J connectivity index is 2.23. The average molecular weight is 450 g/mol. The quantitative estimate of drug-likeness (QED) is 0.406. The number of aromatic amines is 1. The predicted molar refractivity (Wildman–Crippen MR) is 119 cm³/mol. The lowest BCUT2D eigenvalue weighted by molar-refractivity contribution is -0.140. The summed E-state index contributed by atoms with van der Waals surface area (Å²) in [7, 11) is 3.78. The first-order valence-electron chi connectivity index (χ1n) is 9.58. The van der Waals surface area contributed by atoms with E-state index in [2.05, 4.69) is 4.98 Å². The van der Waals surface area contributed by atoms with E-state index in [0.29, 0.717) is 34.3 Å². The largest absolute Gasteiger partial charge is 0.507 e. The van der Waals surface area contributed by atoms with E-state index in [0.717, 1.165) is 17.0 Å². The molecule has 0 saturated carbocycles. The molecule has 0 bridgehead atoms. The predicted octanol–water partition coefficient (Wildman–Crippen LogP) is 4.23. The van der Waals surface area contributed by atoms with Crippen molar-refractivity contribution in [1.29, 1.82) is 0 Å². The number of rotatable bonds is 5. The molecule has 1 saturated heterocycles. The van der Waals surface area contributed by atoms with E-state index >= 15 is 0 Å². The third kappa shape index (κ3) is 3.87. The fraction of sp³-hybridized carbons (Fsp3) is 0.364. The first-order valence-corrected chi connectivity index (χ1v) is 10.3. The number of halogens is 2. The Morgan fingerprint density at radius 2 is 1.80 bits per heavy atom. The van der Waals surface area contributed by atoms with E-state index in [1.165, 1.54) is 4.90 Å². The topological polar surface area (TPSA) is 76.6 Å². The summed E-state index contributed by atoms with van der Waals surface area (Å²) in [5, 5.41) is 11.9. The van der Waals surface area contributed by atoms with Crippen molar-refractivity contribution in [1.82, 2.24) is 14.8 Å². The number of aliphatic hydroxyl groups is 1. The van der Waals surface area contributed by atoms with E-state index in [9.17, 15) is 14.7 Å². The number of nitrogens with zero attached hydrogens (tertiary/aromatic N) is 2. The van der Waals surface area contributed by atoms with Crippen LogP contribution in [0.4, 0.5) is 0 Å². The minimum atomic E-state index is -0.756. The van der Waals surface area contributed by atoms with Gasteiger partial charge in [0.25, 0.3) is 11.7 Å². The van der Waals surface area contributed by atoms with Gasteiger partial charge in [0, 0.05) is 30.0 Å². The van der Waals surface area contributed by atoms with Gasteiger partial charge in [0.05, 0.1) is 21.7 Å². The first kappa shape index (κ1) is 22.4. The van der Waals surface area contributed by atoms with Crippen molar-refractivity contribution in [2.45, 2.75) is 26.8 Å². The molecule has 2 aromatic rings. The van der Waals surface area contributed by atoms with Crippen molar-refractivity contribution >= 4 is 40.7 Å². The molecule has 160 valence electrons. The molecule has 1 amide bonds. The van der Waals surface area contributed by atoms with Gasteiger partial charge in [0.2, 0.25) is 0 Å². The number of carbonyl (C=O) groups excluding carboxylic acids is 2. The van der Waals surface area contributed by atoms with Crippen molar-refractivity contribution in [3.63, 3.8) is 0 Å². The van der Waals surface area contributed by atoms with Gasteiger partial charge >= 0.3 is 0 Å². The zero-order valence-electron chi connectivity index (χ0n) is 17.6. The van der Waals surface area contributed by atoms with Crippen LogP contribution in [0.1, 0.15) is 34.1 Å². The van der Waals surface area contributed by atoms with Gasteiger partial charge in [-0.3, -0.25) is 9.59 Å². The van der Waals surface area contributed by atoms with Gasteiger partial charge < -0.3 is 19.9 Å². The average Bonchev–Trinajstić information content (AvgIpc) is 3.07. The standard InChI is InChI=1S/C22H25Cl2N3O3/c1-11-12(2)25-13(3)17(11)20(28)18-19(14-6-7-15(23)16(24)10-14)27(9-8-26(4)5)22(30)21(18)29/h6-7,10,19,25,28H,8-9H2,1-5H3/b20-18+.